The van der Waals surface area contributed by atoms with Crippen molar-refractivity contribution in [2.75, 3.05) is 0 Å². The third kappa shape index (κ3) is 4.27. The number of hydrogen-bond acceptors (Lipinski definition) is 4. The van der Waals surface area contributed by atoms with E-state index >= 15 is 0 Å². The van der Waals surface area contributed by atoms with Crippen LogP contribution < -0.4 is 5.32 Å². The number of benzene rings is 3. The molecule has 0 spiro atoms. The molecule has 0 saturated heterocycles. The van der Waals surface area contributed by atoms with Gasteiger partial charge in [0, 0.05) is 38.6 Å². The van der Waals surface area contributed by atoms with Gasteiger partial charge in [-0.05, 0) is 80.4 Å². The van der Waals surface area contributed by atoms with Gasteiger partial charge in [-0.2, -0.15) is 0 Å². The first-order valence-electron chi connectivity index (χ1n) is 8.12. The summed E-state index contributed by atoms with van der Waals surface area (Å²) in [5.41, 5.74) is 0.664. The van der Waals surface area contributed by atoms with Gasteiger partial charge in [-0.1, -0.05) is 46.7 Å². The van der Waals surface area contributed by atoms with Gasteiger partial charge in [0.2, 0.25) is 0 Å². The fraction of sp³-hybridized carbons (Fsp3) is 0. The maximum absolute atomic E-state index is 12.4. The third-order valence-corrected chi connectivity index (χ3v) is 9.03. The summed E-state index contributed by atoms with van der Waals surface area (Å²) < 4.78 is 1.16. The Labute approximate surface area is 202 Å². The van der Waals surface area contributed by atoms with E-state index < -0.39 is 11.8 Å². The van der Waals surface area contributed by atoms with Crippen molar-refractivity contribution in [2.24, 2.45) is 0 Å². The van der Waals surface area contributed by atoms with Crippen LogP contribution >= 0.6 is 78.6 Å². The second-order valence-corrected chi connectivity index (χ2v) is 10.6. The predicted molar refractivity (Wildman–Crippen MR) is 125 cm³/mol. The number of carbonyl (C=O) groups is 2. The number of fused-ring (bicyclic) bond motifs is 1. The molecular weight excluding hydrogens is 581 g/mol. The largest absolute Gasteiger partial charge is 0.288 e. The van der Waals surface area contributed by atoms with Gasteiger partial charge in [0.05, 0.1) is 11.1 Å². The monoisotopic (exact) mass is 587 g/mol. The Bertz CT molecular complexity index is 1060. The van der Waals surface area contributed by atoms with Crippen LogP contribution in [0.15, 0.2) is 77.1 Å². The molecule has 0 saturated carbocycles. The molecule has 0 unspecified atom stereocenters. The van der Waals surface area contributed by atoms with Crippen molar-refractivity contribution in [3.8, 4) is 0 Å². The van der Waals surface area contributed by atoms with E-state index in [9.17, 15) is 9.59 Å². The molecular formula is C20H9Br2Cl2NO2S2. The van der Waals surface area contributed by atoms with E-state index in [1.807, 2.05) is 48.5 Å². The van der Waals surface area contributed by atoms with Gasteiger partial charge >= 0.3 is 0 Å². The molecule has 146 valence electrons. The van der Waals surface area contributed by atoms with E-state index in [0.717, 1.165) is 19.6 Å². The normalized spacial score (nSPS) is 12.8. The molecule has 29 heavy (non-hydrogen) atoms. The first-order chi connectivity index (χ1) is 13.8. The molecule has 0 aliphatic carbocycles. The number of halogens is 4. The summed E-state index contributed by atoms with van der Waals surface area (Å²) in [6.45, 7) is 0. The van der Waals surface area contributed by atoms with Crippen molar-refractivity contribution in [2.45, 2.75) is 19.6 Å². The van der Waals surface area contributed by atoms with Crippen molar-refractivity contribution in [1.29, 1.82) is 0 Å². The first kappa shape index (κ1) is 21.3. The molecule has 9 heteroatoms. The highest BCUT2D eigenvalue weighted by Gasteiger charge is 2.35. The summed E-state index contributed by atoms with van der Waals surface area (Å²) >= 11 is 22.1. The zero-order valence-electron chi connectivity index (χ0n) is 14.3. The Morgan fingerprint density at radius 2 is 1.00 bits per heavy atom. The highest BCUT2D eigenvalue weighted by molar-refractivity contribution is 9.11. The van der Waals surface area contributed by atoms with E-state index in [2.05, 4.69) is 37.2 Å². The molecule has 4 rings (SSSR count). The minimum Gasteiger partial charge on any atom is -0.288 e. The van der Waals surface area contributed by atoms with Gasteiger partial charge in [-0.25, -0.2) is 0 Å². The van der Waals surface area contributed by atoms with Gasteiger partial charge in [-0.15, -0.1) is 0 Å². The van der Waals surface area contributed by atoms with Crippen LogP contribution in [-0.4, -0.2) is 11.8 Å². The van der Waals surface area contributed by atoms with E-state index in [0.29, 0.717) is 30.1 Å². The van der Waals surface area contributed by atoms with Crippen molar-refractivity contribution in [1.82, 2.24) is 5.32 Å². The molecule has 1 aliphatic heterocycles. The average Bonchev–Trinajstić information content (AvgIpc) is 3.00. The van der Waals surface area contributed by atoms with Gasteiger partial charge in [-0.3, -0.25) is 14.9 Å². The van der Waals surface area contributed by atoms with Crippen LogP contribution in [0.4, 0.5) is 0 Å². The second kappa shape index (κ2) is 8.65. The van der Waals surface area contributed by atoms with E-state index in [1.165, 1.54) is 23.5 Å². The maximum Gasteiger partial charge on any atom is 0.260 e. The summed E-state index contributed by atoms with van der Waals surface area (Å²) in [6, 6.07) is 14.9. The second-order valence-electron chi connectivity index (χ2n) is 5.93. The van der Waals surface area contributed by atoms with E-state index in [-0.39, 0.29) is 0 Å². The molecule has 1 aliphatic rings. The lowest BCUT2D eigenvalue weighted by Gasteiger charge is -2.16. The van der Waals surface area contributed by atoms with Gasteiger partial charge in [0.25, 0.3) is 11.8 Å². The Balaban J connectivity index is 1.88. The molecule has 3 aromatic carbocycles. The number of carbonyl (C=O) groups excluding carboxylic acids is 2. The molecule has 1 heterocycles. The topological polar surface area (TPSA) is 46.2 Å². The molecule has 0 radical (unpaired) electrons. The van der Waals surface area contributed by atoms with E-state index in [1.54, 1.807) is 0 Å². The number of rotatable bonds is 4. The van der Waals surface area contributed by atoms with Gasteiger partial charge in [0.15, 0.2) is 0 Å². The predicted octanol–water partition coefficient (Wildman–Crippen LogP) is 7.70. The van der Waals surface area contributed by atoms with Crippen LogP contribution in [0.25, 0.3) is 0 Å². The Hall–Kier alpha value is -0.960. The molecule has 1 N–H and O–H groups in total. The average molecular weight is 590 g/mol. The molecule has 0 bridgehead atoms. The Kier molecular flexibility index (Phi) is 6.35. The molecule has 3 aromatic rings. The van der Waals surface area contributed by atoms with Crippen molar-refractivity contribution in [3.05, 3.63) is 78.6 Å². The van der Waals surface area contributed by atoms with Crippen molar-refractivity contribution in [3.63, 3.8) is 0 Å². The summed E-state index contributed by atoms with van der Waals surface area (Å²) in [4.78, 5) is 28.3. The van der Waals surface area contributed by atoms with Gasteiger partial charge in [0.1, 0.15) is 0 Å². The quantitative estimate of drug-likeness (QED) is 0.317. The standard InChI is InChI=1S/C20H9Br2Cl2NO2S2/c21-15-13-14(20(27)25-19(13)26)16(22)18(29-12-7-3-10(24)4-8-12)17(15)28-11-5-1-9(23)2-6-11/h1-8H,(H,25,26,27). The SMILES string of the molecule is O=C1NC(=O)c2c(Br)c(Sc3ccc(Cl)cc3)c(Sc3ccc(Cl)cc3)c(Br)c21. The first-order valence-corrected chi connectivity index (χ1v) is 12.1. The minimum absolute atomic E-state index is 0.332. The third-order valence-electron chi connectivity index (χ3n) is 4.04. The Morgan fingerprint density at radius 3 is 1.34 bits per heavy atom. The summed E-state index contributed by atoms with van der Waals surface area (Å²) in [7, 11) is 0. The van der Waals surface area contributed by atoms with E-state index in [4.69, 9.17) is 23.2 Å². The molecule has 2 amide bonds. The van der Waals surface area contributed by atoms with Gasteiger partial charge < -0.3 is 0 Å². The Morgan fingerprint density at radius 1 is 0.655 bits per heavy atom. The highest BCUT2D eigenvalue weighted by atomic mass is 79.9. The maximum atomic E-state index is 12.4. The fourth-order valence-corrected chi connectivity index (χ4v) is 6.92. The van der Waals surface area contributed by atoms with Crippen molar-refractivity contribution < 1.29 is 9.59 Å². The highest BCUT2D eigenvalue weighted by Crippen LogP contribution is 2.50. The zero-order chi connectivity index (χ0) is 20.7. The fourth-order valence-electron chi connectivity index (χ4n) is 2.72. The van der Waals surface area contributed by atoms with Crippen LogP contribution in [0.1, 0.15) is 20.7 Å². The number of amides is 2. The zero-order valence-corrected chi connectivity index (χ0v) is 20.6. The van der Waals surface area contributed by atoms with Crippen molar-refractivity contribution >= 4 is 90.4 Å². The molecule has 0 fully saturated rings. The lowest BCUT2D eigenvalue weighted by Crippen LogP contribution is -2.20. The smallest absolute Gasteiger partial charge is 0.260 e. The number of hydrogen-bond donors (Lipinski definition) is 1. The minimum atomic E-state index is -0.418. The summed E-state index contributed by atoms with van der Waals surface area (Å²) in [5.74, 6) is -0.836. The van der Waals surface area contributed by atoms with Crippen LogP contribution in [0.5, 0.6) is 0 Å². The number of imide groups is 1. The number of nitrogens with one attached hydrogen (secondary N) is 1. The van der Waals surface area contributed by atoms with Crippen LogP contribution in [0.2, 0.25) is 10.0 Å². The lowest BCUT2D eigenvalue weighted by atomic mass is 10.1. The molecule has 3 nitrogen and oxygen atoms in total. The summed E-state index contributed by atoms with van der Waals surface area (Å²) in [6.07, 6.45) is 0. The summed E-state index contributed by atoms with van der Waals surface area (Å²) in [5, 5.41) is 3.66. The van der Waals surface area contributed by atoms with Crippen LogP contribution in [0, 0.1) is 0 Å². The lowest BCUT2D eigenvalue weighted by molar-refractivity contribution is 0.0879. The molecule has 0 aromatic heterocycles. The van der Waals surface area contributed by atoms with Crippen LogP contribution in [-0.2, 0) is 0 Å². The molecule has 0 atom stereocenters. The van der Waals surface area contributed by atoms with Crippen LogP contribution in [0.3, 0.4) is 0 Å².